The summed E-state index contributed by atoms with van der Waals surface area (Å²) >= 11 is 0. The molecule has 1 saturated heterocycles. The molecule has 4 aromatic rings. The minimum atomic E-state index is -0.407. The van der Waals surface area contributed by atoms with E-state index < -0.39 is 5.97 Å². The number of benzene rings is 4. The standard InChI is InChI=1S/C39H39NO7/c1-3-35(31-15-20-36-37(23-31)45-26-44-36)38(29-13-18-33(19-14-29)47-39(42)30-9-5-4-6-10-30)28-11-16-32(17-12-28)43-25-34(46-27(2)41)24-40-21-7-8-22-40/h4-6,9-20,23,34H,3,7-8,21-22,24-26H2,1-2H3. The Morgan fingerprint density at radius 3 is 2.06 bits per heavy atom. The fraction of sp³-hybridized carbons (Fsp3) is 0.282. The van der Waals surface area contributed by atoms with E-state index in [-0.39, 0.29) is 25.5 Å². The molecule has 8 nitrogen and oxygen atoms in total. The number of allylic oxidation sites excluding steroid dienone is 1. The lowest BCUT2D eigenvalue weighted by atomic mass is 9.88. The highest BCUT2D eigenvalue weighted by atomic mass is 16.7. The van der Waals surface area contributed by atoms with Gasteiger partial charge in [-0.05, 0) is 109 Å². The van der Waals surface area contributed by atoms with Gasteiger partial charge >= 0.3 is 11.9 Å². The van der Waals surface area contributed by atoms with Crippen LogP contribution in [0.25, 0.3) is 11.1 Å². The quantitative estimate of drug-likeness (QED) is 0.0906. The van der Waals surface area contributed by atoms with Gasteiger partial charge in [0.05, 0.1) is 5.56 Å². The summed E-state index contributed by atoms with van der Waals surface area (Å²) in [6, 6.07) is 30.5. The molecule has 1 fully saturated rings. The topological polar surface area (TPSA) is 83.5 Å². The predicted molar refractivity (Wildman–Crippen MR) is 180 cm³/mol. The van der Waals surface area contributed by atoms with E-state index in [1.54, 1.807) is 12.1 Å². The van der Waals surface area contributed by atoms with Crippen molar-refractivity contribution in [2.24, 2.45) is 0 Å². The Kier molecular flexibility index (Phi) is 10.2. The predicted octanol–water partition coefficient (Wildman–Crippen LogP) is 7.41. The Morgan fingerprint density at radius 2 is 1.40 bits per heavy atom. The van der Waals surface area contributed by atoms with E-state index in [2.05, 4.69) is 17.9 Å². The summed E-state index contributed by atoms with van der Waals surface area (Å²) in [4.78, 5) is 26.7. The largest absolute Gasteiger partial charge is 0.490 e. The Hall–Kier alpha value is -5.08. The summed E-state index contributed by atoms with van der Waals surface area (Å²) in [5.41, 5.74) is 5.63. The molecular formula is C39H39NO7. The van der Waals surface area contributed by atoms with Gasteiger partial charge in [-0.3, -0.25) is 9.69 Å². The third kappa shape index (κ3) is 8.02. The SMILES string of the molecule is CCC(=C(c1ccc(OCC(CN2CCCC2)OC(C)=O)cc1)c1ccc(OC(=O)c2ccccc2)cc1)c1ccc2c(c1)OCO2. The van der Waals surface area contributed by atoms with Crippen LogP contribution in [0.4, 0.5) is 0 Å². The van der Waals surface area contributed by atoms with Gasteiger partial charge in [0.15, 0.2) is 11.5 Å². The number of ether oxygens (including phenoxy) is 5. The van der Waals surface area contributed by atoms with E-state index in [9.17, 15) is 9.59 Å². The number of rotatable bonds is 12. The fourth-order valence-electron chi connectivity index (χ4n) is 6.07. The van der Waals surface area contributed by atoms with E-state index in [1.807, 2.05) is 78.9 Å². The minimum absolute atomic E-state index is 0.206. The lowest BCUT2D eigenvalue weighted by molar-refractivity contribution is -0.148. The molecule has 8 heteroatoms. The van der Waals surface area contributed by atoms with Crippen molar-refractivity contribution in [3.63, 3.8) is 0 Å². The molecule has 242 valence electrons. The highest BCUT2D eigenvalue weighted by molar-refractivity contribution is 5.99. The van der Waals surface area contributed by atoms with Crippen molar-refractivity contribution < 1.29 is 33.3 Å². The number of nitrogens with zero attached hydrogens (tertiary/aromatic N) is 1. The second-order valence-electron chi connectivity index (χ2n) is 11.6. The maximum absolute atomic E-state index is 12.7. The molecule has 0 N–H and O–H groups in total. The van der Waals surface area contributed by atoms with Gasteiger partial charge in [-0.2, -0.15) is 0 Å². The molecule has 0 amide bonds. The average Bonchev–Trinajstić information content (AvgIpc) is 3.79. The number of hydrogen-bond donors (Lipinski definition) is 0. The maximum Gasteiger partial charge on any atom is 0.343 e. The van der Waals surface area contributed by atoms with Crippen LogP contribution in [0.1, 0.15) is 60.2 Å². The van der Waals surface area contributed by atoms with Crippen LogP contribution in [-0.2, 0) is 9.53 Å². The first-order chi connectivity index (χ1) is 23.0. The molecule has 0 saturated carbocycles. The molecule has 0 radical (unpaired) electrons. The number of hydrogen-bond acceptors (Lipinski definition) is 8. The highest BCUT2D eigenvalue weighted by Crippen LogP contribution is 2.40. The molecule has 0 bridgehead atoms. The molecule has 1 atom stereocenters. The summed E-state index contributed by atoms with van der Waals surface area (Å²) in [6.07, 6.45) is 2.74. The molecule has 47 heavy (non-hydrogen) atoms. The van der Waals surface area contributed by atoms with Crippen LogP contribution < -0.4 is 18.9 Å². The zero-order valence-corrected chi connectivity index (χ0v) is 26.8. The summed E-state index contributed by atoms with van der Waals surface area (Å²) in [5.74, 6) is 1.89. The highest BCUT2D eigenvalue weighted by Gasteiger charge is 2.22. The summed E-state index contributed by atoms with van der Waals surface area (Å²) in [7, 11) is 0. The van der Waals surface area contributed by atoms with Crippen molar-refractivity contribution in [1.29, 1.82) is 0 Å². The molecule has 6 rings (SSSR count). The van der Waals surface area contributed by atoms with Gasteiger partial charge in [-0.15, -0.1) is 0 Å². The van der Waals surface area contributed by atoms with Gasteiger partial charge in [0.2, 0.25) is 6.79 Å². The van der Waals surface area contributed by atoms with Gasteiger partial charge < -0.3 is 23.7 Å². The zero-order chi connectivity index (χ0) is 32.6. The van der Waals surface area contributed by atoms with Crippen molar-refractivity contribution in [3.8, 4) is 23.0 Å². The van der Waals surface area contributed by atoms with Crippen LogP contribution in [0.5, 0.6) is 23.0 Å². The van der Waals surface area contributed by atoms with Gasteiger partial charge in [-0.1, -0.05) is 55.5 Å². The van der Waals surface area contributed by atoms with Crippen LogP contribution in [-0.4, -0.2) is 56.0 Å². The second kappa shape index (κ2) is 15.0. The van der Waals surface area contributed by atoms with Crippen molar-refractivity contribution >= 4 is 23.1 Å². The maximum atomic E-state index is 12.7. The van der Waals surface area contributed by atoms with Crippen LogP contribution in [0.3, 0.4) is 0 Å². The van der Waals surface area contributed by atoms with Crippen LogP contribution in [0.15, 0.2) is 97.1 Å². The van der Waals surface area contributed by atoms with Crippen LogP contribution in [0.2, 0.25) is 0 Å². The van der Waals surface area contributed by atoms with Crippen molar-refractivity contribution in [2.45, 2.75) is 39.2 Å². The average molecular weight is 634 g/mol. The van der Waals surface area contributed by atoms with E-state index >= 15 is 0 Å². The summed E-state index contributed by atoms with van der Waals surface area (Å²) in [5, 5.41) is 0. The van der Waals surface area contributed by atoms with Crippen molar-refractivity contribution in [1.82, 2.24) is 4.90 Å². The van der Waals surface area contributed by atoms with Crippen molar-refractivity contribution in [3.05, 3.63) is 119 Å². The molecule has 0 spiro atoms. The first-order valence-electron chi connectivity index (χ1n) is 16.1. The van der Waals surface area contributed by atoms with E-state index in [0.29, 0.717) is 23.6 Å². The molecule has 2 aliphatic heterocycles. The number of likely N-dealkylation sites (tertiary alicyclic amines) is 1. The van der Waals surface area contributed by atoms with Gasteiger partial charge in [0.25, 0.3) is 0 Å². The molecule has 0 aliphatic carbocycles. The Morgan fingerprint density at radius 1 is 0.766 bits per heavy atom. The van der Waals surface area contributed by atoms with Crippen LogP contribution in [0, 0.1) is 0 Å². The normalized spacial score (nSPS) is 15.1. The van der Waals surface area contributed by atoms with E-state index in [0.717, 1.165) is 58.8 Å². The first kappa shape index (κ1) is 31.9. The molecule has 2 aliphatic rings. The number of esters is 2. The summed E-state index contributed by atoms with van der Waals surface area (Å²) < 4.78 is 28.6. The van der Waals surface area contributed by atoms with Gasteiger partial charge in [0, 0.05) is 13.5 Å². The molecule has 2 heterocycles. The minimum Gasteiger partial charge on any atom is -0.490 e. The third-order valence-corrected chi connectivity index (χ3v) is 8.31. The first-order valence-corrected chi connectivity index (χ1v) is 16.1. The lowest BCUT2D eigenvalue weighted by Gasteiger charge is -2.23. The third-order valence-electron chi connectivity index (χ3n) is 8.31. The van der Waals surface area contributed by atoms with Gasteiger partial charge in [0.1, 0.15) is 24.2 Å². The van der Waals surface area contributed by atoms with Crippen molar-refractivity contribution in [2.75, 3.05) is 33.0 Å². The zero-order valence-electron chi connectivity index (χ0n) is 26.8. The molecule has 0 aromatic heterocycles. The van der Waals surface area contributed by atoms with E-state index in [1.165, 1.54) is 19.8 Å². The Labute approximate surface area is 275 Å². The number of fused-ring (bicyclic) bond motifs is 1. The fourth-order valence-corrected chi connectivity index (χ4v) is 6.07. The monoisotopic (exact) mass is 633 g/mol. The van der Waals surface area contributed by atoms with E-state index in [4.69, 9.17) is 23.7 Å². The molecule has 1 unspecified atom stereocenters. The second-order valence-corrected chi connectivity index (χ2v) is 11.6. The smallest absolute Gasteiger partial charge is 0.343 e. The molecular weight excluding hydrogens is 594 g/mol. The Bertz CT molecular complexity index is 1710. The molecule has 4 aromatic carbocycles. The van der Waals surface area contributed by atoms with Gasteiger partial charge in [-0.25, -0.2) is 4.79 Å². The van der Waals surface area contributed by atoms with Crippen LogP contribution >= 0.6 is 0 Å². The number of carbonyl (C=O) groups excluding carboxylic acids is 2. The Balaban J connectivity index is 1.27. The lowest BCUT2D eigenvalue weighted by Crippen LogP contribution is -2.36. The summed E-state index contributed by atoms with van der Waals surface area (Å²) in [6.45, 7) is 6.74. The number of carbonyl (C=O) groups is 2.